The van der Waals surface area contributed by atoms with Crippen LogP contribution in [0.2, 0.25) is 0 Å². The van der Waals surface area contributed by atoms with E-state index in [2.05, 4.69) is 21.2 Å². The molecule has 4 nitrogen and oxygen atoms in total. The molecule has 0 aliphatic rings. The van der Waals surface area contributed by atoms with Gasteiger partial charge in [-0.25, -0.2) is 17.9 Å². The van der Waals surface area contributed by atoms with Crippen LogP contribution >= 0.6 is 15.9 Å². The van der Waals surface area contributed by atoms with Gasteiger partial charge in [0.1, 0.15) is 5.82 Å². The lowest BCUT2D eigenvalue weighted by molar-refractivity contribution is 0.598. The lowest BCUT2D eigenvalue weighted by atomic mass is 10.2. The molecule has 0 bridgehead atoms. The molecule has 0 aliphatic carbocycles. The summed E-state index contributed by atoms with van der Waals surface area (Å²) in [5, 5.41) is 7.66. The Hall–Kier alpha value is -0.660. The Balaban J connectivity index is 2.71. The first-order valence-electron chi connectivity index (χ1n) is 4.49. The zero-order valence-corrected chi connectivity index (χ0v) is 11.0. The van der Waals surface area contributed by atoms with Gasteiger partial charge in [-0.2, -0.15) is 0 Å². The number of benzene rings is 1. The predicted octanol–water partition coefficient (Wildman–Crippen LogP) is 1.60. The molecule has 7 heteroatoms. The molecule has 0 unspecified atom stereocenters. The van der Waals surface area contributed by atoms with Crippen LogP contribution in [-0.2, 0) is 10.0 Å². The van der Waals surface area contributed by atoms with Crippen molar-refractivity contribution in [3.8, 4) is 0 Å². The average Bonchev–Trinajstić information content (AvgIpc) is 2.11. The molecule has 0 fully saturated rings. The lowest BCUT2D eigenvalue weighted by Crippen LogP contribution is -2.22. The Labute approximate surface area is 102 Å². The van der Waals surface area contributed by atoms with Crippen LogP contribution in [0.4, 0.5) is 10.1 Å². The van der Waals surface area contributed by atoms with Gasteiger partial charge in [0.05, 0.1) is 10.2 Å². The van der Waals surface area contributed by atoms with Gasteiger partial charge in [-0.05, 0) is 40.5 Å². The summed E-state index contributed by atoms with van der Waals surface area (Å²) in [4.78, 5) is 0. The maximum Gasteiger partial charge on any atom is 0.210 e. The maximum absolute atomic E-state index is 13.2. The summed E-state index contributed by atoms with van der Waals surface area (Å²) in [5.41, 5.74) is 1.38. The molecule has 16 heavy (non-hydrogen) atoms. The zero-order chi connectivity index (χ0) is 12.3. The molecule has 0 aliphatic heterocycles. The fourth-order valence-corrected chi connectivity index (χ4v) is 2.01. The van der Waals surface area contributed by atoms with E-state index in [1.165, 1.54) is 6.07 Å². The van der Waals surface area contributed by atoms with E-state index in [4.69, 9.17) is 5.14 Å². The summed E-state index contributed by atoms with van der Waals surface area (Å²) in [5.74, 6) is -0.590. The van der Waals surface area contributed by atoms with Gasteiger partial charge in [0.15, 0.2) is 0 Å². The number of nitrogens with one attached hydrogen (secondary N) is 1. The van der Waals surface area contributed by atoms with Crippen molar-refractivity contribution in [3.05, 3.63) is 28.0 Å². The Morgan fingerprint density at radius 1 is 1.50 bits per heavy atom. The minimum absolute atomic E-state index is 0.154. The Bertz CT molecular complexity index is 491. The van der Waals surface area contributed by atoms with Crippen LogP contribution < -0.4 is 10.5 Å². The number of sulfonamides is 1. The molecule has 0 amide bonds. The van der Waals surface area contributed by atoms with Gasteiger partial charge in [-0.1, -0.05) is 0 Å². The van der Waals surface area contributed by atoms with Crippen LogP contribution in [0.5, 0.6) is 0 Å². The standard InChI is InChI=1S/C9H12BrFN2O2S/c1-6-4-7(10)8(11)5-9(6)13-2-3-16(12,14)15/h4-5,13H,2-3H2,1H3,(H2,12,14,15). The minimum atomic E-state index is -3.49. The van der Waals surface area contributed by atoms with Crippen molar-refractivity contribution in [3.63, 3.8) is 0 Å². The lowest BCUT2D eigenvalue weighted by Gasteiger charge is -2.09. The summed E-state index contributed by atoms with van der Waals surface area (Å²) >= 11 is 3.06. The molecule has 1 aromatic carbocycles. The predicted molar refractivity (Wildman–Crippen MR) is 65.3 cm³/mol. The first kappa shape index (κ1) is 13.4. The molecule has 0 aromatic heterocycles. The molecule has 1 rings (SSSR count). The molecule has 0 saturated heterocycles. The SMILES string of the molecule is Cc1cc(Br)c(F)cc1NCCS(N)(=O)=O. The van der Waals surface area contributed by atoms with Gasteiger partial charge in [0, 0.05) is 12.2 Å². The Morgan fingerprint density at radius 2 is 2.12 bits per heavy atom. The number of primary sulfonamides is 1. The van der Waals surface area contributed by atoms with Crippen LogP contribution in [-0.4, -0.2) is 20.7 Å². The van der Waals surface area contributed by atoms with E-state index in [9.17, 15) is 12.8 Å². The van der Waals surface area contributed by atoms with Crippen molar-refractivity contribution in [2.24, 2.45) is 5.14 Å². The highest BCUT2D eigenvalue weighted by Crippen LogP contribution is 2.23. The summed E-state index contributed by atoms with van der Waals surface area (Å²) in [6.45, 7) is 1.95. The Morgan fingerprint density at radius 3 is 2.69 bits per heavy atom. The molecule has 1 aromatic rings. The summed E-state index contributed by atoms with van der Waals surface area (Å²) < 4.78 is 34.9. The fourth-order valence-electron chi connectivity index (χ4n) is 1.16. The summed E-state index contributed by atoms with van der Waals surface area (Å²) in [7, 11) is -3.49. The summed E-state index contributed by atoms with van der Waals surface area (Å²) in [6, 6.07) is 2.93. The van der Waals surface area contributed by atoms with E-state index < -0.39 is 15.8 Å². The van der Waals surface area contributed by atoms with E-state index >= 15 is 0 Å². The number of hydrogen-bond donors (Lipinski definition) is 2. The second kappa shape index (κ2) is 5.11. The van der Waals surface area contributed by atoms with Crippen molar-refractivity contribution in [1.29, 1.82) is 0 Å². The number of aryl methyl sites for hydroxylation is 1. The van der Waals surface area contributed by atoms with E-state index in [1.54, 1.807) is 13.0 Å². The van der Waals surface area contributed by atoms with Gasteiger partial charge < -0.3 is 5.32 Å². The van der Waals surface area contributed by atoms with E-state index in [-0.39, 0.29) is 12.3 Å². The van der Waals surface area contributed by atoms with E-state index in [1.807, 2.05) is 0 Å². The molecule has 0 atom stereocenters. The quantitative estimate of drug-likeness (QED) is 0.887. The van der Waals surface area contributed by atoms with Gasteiger partial charge in [0.25, 0.3) is 0 Å². The zero-order valence-electron chi connectivity index (χ0n) is 8.63. The molecule has 3 N–H and O–H groups in total. The van der Waals surface area contributed by atoms with Crippen molar-refractivity contribution >= 4 is 31.6 Å². The average molecular weight is 311 g/mol. The molecule has 0 saturated carbocycles. The molecule has 0 spiro atoms. The maximum atomic E-state index is 13.2. The van der Waals surface area contributed by atoms with Gasteiger partial charge in [0.2, 0.25) is 10.0 Å². The smallest absolute Gasteiger partial charge is 0.210 e. The topological polar surface area (TPSA) is 72.2 Å². The molecule has 0 radical (unpaired) electrons. The van der Waals surface area contributed by atoms with Crippen molar-refractivity contribution in [1.82, 2.24) is 0 Å². The van der Waals surface area contributed by atoms with Crippen LogP contribution in [0.1, 0.15) is 5.56 Å². The van der Waals surface area contributed by atoms with Crippen LogP contribution in [0.3, 0.4) is 0 Å². The van der Waals surface area contributed by atoms with E-state index in [0.29, 0.717) is 10.2 Å². The number of nitrogens with two attached hydrogens (primary N) is 1. The number of halogens is 2. The van der Waals surface area contributed by atoms with Crippen molar-refractivity contribution < 1.29 is 12.8 Å². The molecular formula is C9H12BrFN2O2S. The summed E-state index contributed by atoms with van der Waals surface area (Å²) in [6.07, 6.45) is 0. The first-order chi connectivity index (χ1) is 7.29. The number of hydrogen-bond acceptors (Lipinski definition) is 3. The highest BCUT2D eigenvalue weighted by molar-refractivity contribution is 9.10. The highest BCUT2D eigenvalue weighted by Gasteiger charge is 2.06. The Kier molecular flexibility index (Phi) is 4.28. The second-order valence-electron chi connectivity index (χ2n) is 3.37. The molecular weight excluding hydrogens is 299 g/mol. The third-order valence-electron chi connectivity index (χ3n) is 1.97. The normalized spacial score (nSPS) is 11.5. The second-order valence-corrected chi connectivity index (χ2v) is 5.96. The van der Waals surface area contributed by atoms with Crippen molar-refractivity contribution in [2.75, 3.05) is 17.6 Å². The number of anilines is 1. The van der Waals surface area contributed by atoms with E-state index in [0.717, 1.165) is 5.56 Å². The third kappa shape index (κ3) is 4.07. The molecule has 0 heterocycles. The monoisotopic (exact) mass is 310 g/mol. The van der Waals surface area contributed by atoms with Gasteiger partial charge >= 0.3 is 0 Å². The molecule has 90 valence electrons. The van der Waals surface area contributed by atoms with Crippen LogP contribution in [0.15, 0.2) is 16.6 Å². The minimum Gasteiger partial charge on any atom is -0.384 e. The van der Waals surface area contributed by atoms with Gasteiger partial charge in [-0.3, -0.25) is 0 Å². The highest BCUT2D eigenvalue weighted by atomic mass is 79.9. The first-order valence-corrected chi connectivity index (χ1v) is 7.00. The van der Waals surface area contributed by atoms with Crippen LogP contribution in [0.25, 0.3) is 0 Å². The largest absolute Gasteiger partial charge is 0.384 e. The fraction of sp³-hybridized carbons (Fsp3) is 0.333. The third-order valence-corrected chi connectivity index (χ3v) is 3.35. The van der Waals surface area contributed by atoms with Crippen molar-refractivity contribution in [2.45, 2.75) is 6.92 Å². The van der Waals surface area contributed by atoms with Crippen LogP contribution in [0, 0.1) is 12.7 Å². The van der Waals surface area contributed by atoms with Gasteiger partial charge in [-0.15, -0.1) is 0 Å². The number of rotatable bonds is 4.